The minimum Gasteiger partial charge on any atom is -0.358 e. The number of carbonyl (C=O) groups is 1. The molecule has 2 aliphatic heterocycles. The number of hydrogen-bond acceptors (Lipinski definition) is 4. The smallest absolute Gasteiger partial charge is 0.238 e. The molecule has 0 spiro atoms. The third kappa shape index (κ3) is 2.39. The van der Waals surface area contributed by atoms with Crippen LogP contribution in [0.25, 0.3) is 0 Å². The summed E-state index contributed by atoms with van der Waals surface area (Å²) in [4.78, 5) is 17.0. The highest BCUT2D eigenvalue weighted by Crippen LogP contribution is 2.31. The standard InChI is InChI=1S/C13H24N4O/c1-14-13(18)12-8-15-5-7-17(12)11-4-6-16(9-11)10-2-3-10/h10-12,15H,2-9H2,1H3,(H,14,18). The van der Waals surface area contributed by atoms with Crippen molar-refractivity contribution < 1.29 is 4.79 Å². The molecule has 1 saturated carbocycles. The first-order valence-corrected chi connectivity index (χ1v) is 7.21. The van der Waals surface area contributed by atoms with E-state index in [-0.39, 0.29) is 11.9 Å². The molecule has 3 fully saturated rings. The van der Waals surface area contributed by atoms with Gasteiger partial charge in [-0.3, -0.25) is 14.6 Å². The molecule has 5 heteroatoms. The van der Waals surface area contributed by atoms with Crippen molar-refractivity contribution in [2.45, 2.75) is 37.4 Å². The van der Waals surface area contributed by atoms with E-state index in [1.165, 1.54) is 25.8 Å². The molecular weight excluding hydrogens is 228 g/mol. The summed E-state index contributed by atoms with van der Waals surface area (Å²) in [5, 5.41) is 6.13. The number of carbonyl (C=O) groups excluding carboxylic acids is 1. The van der Waals surface area contributed by atoms with Crippen LogP contribution >= 0.6 is 0 Å². The van der Waals surface area contributed by atoms with Gasteiger partial charge in [-0.1, -0.05) is 0 Å². The monoisotopic (exact) mass is 252 g/mol. The van der Waals surface area contributed by atoms with Crippen molar-refractivity contribution in [3.8, 4) is 0 Å². The van der Waals surface area contributed by atoms with Crippen molar-refractivity contribution in [1.82, 2.24) is 20.4 Å². The number of nitrogens with zero attached hydrogens (tertiary/aromatic N) is 2. The minimum atomic E-state index is 0.0212. The highest BCUT2D eigenvalue weighted by atomic mass is 16.2. The van der Waals surface area contributed by atoms with Gasteiger partial charge < -0.3 is 10.6 Å². The van der Waals surface area contributed by atoms with Crippen molar-refractivity contribution in [2.75, 3.05) is 39.8 Å². The molecular formula is C13H24N4O. The van der Waals surface area contributed by atoms with Crippen LogP contribution in [0.2, 0.25) is 0 Å². The summed E-state index contributed by atoms with van der Waals surface area (Å²) in [5.41, 5.74) is 0. The summed E-state index contributed by atoms with van der Waals surface area (Å²) in [7, 11) is 1.74. The Hall–Kier alpha value is -0.650. The molecule has 0 aromatic carbocycles. The second kappa shape index (κ2) is 5.15. The largest absolute Gasteiger partial charge is 0.358 e. The van der Waals surface area contributed by atoms with E-state index in [0.717, 1.165) is 32.2 Å². The molecule has 5 nitrogen and oxygen atoms in total. The van der Waals surface area contributed by atoms with Gasteiger partial charge in [0.05, 0.1) is 0 Å². The van der Waals surface area contributed by atoms with Crippen molar-refractivity contribution in [2.24, 2.45) is 0 Å². The number of rotatable bonds is 3. The average Bonchev–Trinajstić information content (AvgIpc) is 3.16. The first kappa shape index (κ1) is 12.4. The summed E-state index contributed by atoms with van der Waals surface area (Å²) in [6.45, 7) is 5.19. The number of piperazine rings is 1. The highest BCUT2D eigenvalue weighted by Gasteiger charge is 2.40. The van der Waals surface area contributed by atoms with Crippen molar-refractivity contribution in [1.29, 1.82) is 0 Å². The number of likely N-dealkylation sites (N-methyl/N-ethyl adjacent to an activating group) is 1. The van der Waals surface area contributed by atoms with Crippen molar-refractivity contribution in [3.05, 3.63) is 0 Å². The Kier molecular flexibility index (Phi) is 3.54. The Morgan fingerprint density at radius 3 is 2.78 bits per heavy atom. The lowest BCUT2D eigenvalue weighted by atomic mass is 10.1. The lowest BCUT2D eigenvalue weighted by Gasteiger charge is -2.39. The zero-order valence-electron chi connectivity index (χ0n) is 11.2. The molecule has 2 heterocycles. The van der Waals surface area contributed by atoms with Crippen LogP contribution in [-0.2, 0) is 4.79 Å². The van der Waals surface area contributed by atoms with Crippen LogP contribution in [-0.4, -0.2) is 73.6 Å². The van der Waals surface area contributed by atoms with E-state index >= 15 is 0 Å². The van der Waals surface area contributed by atoms with Gasteiger partial charge in [0.2, 0.25) is 5.91 Å². The normalized spacial score (nSPS) is 34.7. The summed E-state index contributed by atoms with van der Waals surface area (Å²) in [6.07, 6.45) is 3.99. The Labute approximate surface area is 109 Å². The second-order valence-corrected chi connectivity index (χ2v) is 5.74. The maximum absolute atomic E-state index is 12.0. The lowest BCUT2D eigenvalue weighted by Crippen LogP contribution is -2.60. The van der Waals surface area contributed by atoms with Crippen LogP contribution in [0.4, 0.5) is 0 Å². The van der Waals surface area contributed by atoms with Gasteiger partial charge in [0.15, 0.2) is 0 Å². The molecule has 2 atom stereocenters. The van der Waals surface area contributed by atoms with Gasteiger partial charge in [-0.2, -0.15) is 0 Å². The molecule has 3 rings (SSSR count). The molecule has 1 aliphatic carbocycles. The zero-order chi connectivity index (χ0) is 12.5. The number of amides is 1. The van der Waals surface area contributed by atoms with Gasteiger partial charge in [-0.05, 0) is 19.3 Å². The van der Waals surface area contributed by atoms with E-state index in [0.29, 0.717) is 6.04 Å². The fourth-order valence-electron chi connectivity index (χ4n) is 3.38. The van der Waals surface area contributed by atoms with Gasteiger partial charge in [-0.15, -0.1) is 0 Å². The fourth-order valence-corrected chi connectivity index (χ4v) is 3.38. The van der Waals surface area contributed by atoms with Gasteiger partial charge in [-0.25, -0.2) is 0 Å². The van der Waals surface area contributed by atoms with E-state index in [1.807, 2.05) is 0 Å². The van der Waals surface area contributed by atoms with E-state index in [4.69, 9.17) is 0 Å². The SMILES string of the molecule is CNC(=O)C1CNCCN1C1CCN(C2CC2)C1. The van der Waals surface area contributed by atoms with Gasteiger partial charge in [0.1, 0.15) is 6.04 Å². The molecule has 18 heavy (non-hydrogen) atoms. The third-order valence-corrected chi connectivity index (χ3v) is 4.56. The van der Waals surface area contributed by atoms with E-state index in [9.17, 15) is 4.79 Å². The van der Waals surface area contributed by atoms with E-state index < -0.39 is 0 Å². The number of hydrogen-bond donors (Lipinski definition) is 2. The predicted molar refractivity (Wildman–Crippen MR) is 70.4 cm³/mol. The quantitative estimate of drug-likeness (QED) is 0.693. The molecule has 3 aliphatic rings. The Morgan fingerprint density at radius 2 is 2.06 bits per heavy atom. The molecule has 0 radical (unpaired) electrons. The van der Waals surface area contributed by atoms with Crippen LogP contribution in [0, 0.1) is 0 Å². The summed E-state index contributed by atoms with van der Waals surface area (Å²) >= 11 is 0. The van der Waals surface area contributed by atoms with E-state index in [2.05, 4.69) is 20.4 Å². The lowest BCUT2D eigenvalue weighted by molar-refractivity contribution is -0.127. The molecule has 1 amide bonds. The molecule has 0 bridgehead atoms. The Morgan fingerprint density at radius 1 is 1.22 bits per heavy atom. The molecule has 0 aromatic rings. The van der Waals surface area contributed by atoms with Crippen LogP contribution < -0.4 is 10.6 Å². The minimum absolute atomic E-state index is 0.0212. The average molecular weight is 252 g/mol. The molecule has 0 aromatic heterocycles. The van der Waals surface area contributed by atoms with Crippen molar-refractivity contribution >= 4 is 5.91 Å². The van der Waals surface area contributed by atoms with Crippen LogP contribution in [0.3, 0.4) is 0 Å². The number of nitrogens with one attached hydrogen (secondary N) is 2. The predicted octanol–water partition coefficient (Wildman–Crippen LogP) is -0.757. The highest BCUT2D eigenvalue weighted by molar-refractivity contribution is 5.81. The summed E-state index contributed by atoms with van der Waals surface area (Å²) in [5.74, 6) is 0.159. The maximum Gasteiger partial charge on any atom is 0.238 e. The fraction of sp³-hybridized carbons (Fsp3) is 0.923. The summed E-state index contributed by atoms with van der Waals surface area (Å²) in [6, 6.07) is 1.46. The molecule has 102 valence electrons. The number of likely N-dealkylation sites (tertiary alicyclic amines) is 1. The topological polar surface area (TPSA) is 47.6 Å². The summed E-state index contributed by atoms with van der Waals surface area (Å²) < 4.78 is 0. The van der Waals surface area contributed by atoms with Gasteiger partial charge >= 0.3 is 0 Å². The van der Waals surface area contributed by atoms with Gasteiger partial charge in [0, 0.05) is 51.9 Å². The van der Waals surface area contributed by atoms with E-state index in [1.54, 1.807) is 7.05 Å². The first-order valence-electron chi connectivity index (χ1n) is 7.21. The maximum atomic E-state index is 12.0. The van der Waals surface area contributed by atoms with Gasteiger partial charge in [0.25, 0.3) is 0 Å². The first-order chi connectivity index (χ1) is 8.79. The van der Waals surface area contributed by atoms with Crippen molar-refractivity contribution in [3.63, 3.8) is 0 Å². The molecule has 2 saturated heterocycles. The third-order valence-electron chi connectivity index (χ3n) is 4.56. The Bertz CT molecular complexity index is 318. The second-order valence-electron chi connectivity index (χ2n) is 5.74. The molecule has 2 N–H and O–H groups in total. The van der Waals surface area contributed by atoms with Crippen LogP contribution in [0.5, 0.6) is 0 Å². The zero-order valence-corrected chi connectivity index (χ0v) is 11.2. The van der Waals surface area contributed by atoms with Crippen LogP contribution in [0.1, 0.15) is 19.3 Å². The van der Waals surface area contributed by atoms with Crippen LogP contribution in [0.15, 0.2) is 0 Å². The Balaban J connectivity index is 1.63. The molecule has 2 unspecified atom stereocenters.